The number of benzene rings is 1. The van der Waals surface area contributed by atoms with Crippen molar-refractivity contribution in [3.05, 3.63) is 29.3 Å². The number of aliphatic hydroxyl groups is 2. The van der Waals surface area contributed by atoms with Crippen molar-refractivity contribution < 1.29 is 30.0 Å². The summed E-state index contributed by atoms with van der Waals surface area (Å²) in [6.07, 6.45) is 7.00. The summed E-state index contributed by atoms with van der Waals surface area (Å²) in [7, 11) is 1.35. The molecule has 0 aromatic heterocycles. The zero-order valence-corrected chi connectivity index (χ0v) is 14.8. The van der Waals surface area contributed by atoms with Gasteiger partial charge in [-0.3, -0.25) is 0 Å². The third kappa shape index (κ3) is 7.58. The van der Waals surface area contributed by atoms with Crippen LogP contribution in [-0.2, 0) is 0 Å². The molecule has 2 atom stereocenters. The lowest BCUT2D eigenvalue weighted by Gasteiger charge is -2.10. The SMILES string of the molecule is COc1cc(O)cc(C=CCCC[C@@H](O)CCC[C@H](C)O)c1C(=O)O. The van der Waals surface area contributed by atoms with Crippen molar-refractivity contribution in [1.29, 1.82) is 0 Å². The van der Waals surface area contributed by atoms with Gasteiger partial charge in [-0.2, -0.15) is 0 Å². The van der Waals surface area contributed by atoms with Crippen LogP contribution in [0.4, 0.5) is 0 Å². The molecule has 1 aromatic rings. The van der Waals surface area contributed by atoms with Crippen LogP contribution in [0.15, 0.2) is 18.2 Å². The van der Waals surface area contributed by atoms with Gasteiger partial charge in [0.25, 0.3) is 0 Å². The highest BCUT2D eigenvalue weighted by Gasteiger charge is 2.16. The number of methoxy groups -OCH3 is 1. The first kappa shape index (κ1) is 21.0. The highest BCUT2D eigenvalue weighted by atomic mass is 16.5. The van der Waals surface area contributed by atoms with Crippen LogP contribution < -0.4 is 4.74 Å². The fourth-order valence-corrected chi connectivity index (χ4v) is 2.62. The number of aromatic carboxylic acids is 1. The molecular formula is C19H28O6. The molecule has 0 spiro atoms. The normalized spacial score (nSPS) is 13.8. The van der Waals surface area contributed by atoms with Crippen LogP contribution in [-0.4, -0.2) is 45.7 Å². The van der Waals surface area contributed by atoms with E-state index in [4.69, 9.17) is 4.74 Å². The maximum Gasteiger partial charge on any atom is 0.340 e. The molecule has 140 valence electrons. The molecule has 6 nitrogen and oxygen atoms in total. The standard InChI is InChI=1S/C19H28O6/c1-13(20)7-6-10-15(21)9-5-3-4-8-14-11-16(22)12-17(25-2)18(14)19(23)24/h4,8,11-13,15,20-22H,3,5-7,9-10H2,1-2H3,(H,23,24)/t13-,15+/m0/s1. The minimum absolute atomic E-state index is 0.00899. The van der Waals surface area contributed by atoms with E-state index >= 15 is 0 Å². The Hall–Kier alpha value is -2.05. The molecule has 1 aromatic carbocycles. The van der Waals surface area contributed by atoms with E-state index in [1.807, 2.05) is 6.08 Å². The van der Waals surface area contributed by atoms with Crippen molar-refractivity contribution in [2.75, 3.05) is 7.11 Å². The number of carbonyl (C=O) groups is 1. The molecule has 0 amide bonds. The molecule has 4 N–H and O–H groups in total. The second-order valence-corrected chi connectivity index (χ2v) is 6.18. The van der Waals surface area contributed by atoms with Crippen molar-refractivity contribution in [2.45, 2.75) is 57.7 Å². The first-order chi connectivity index (χ1) is 11.8. The number of carboxylic acid groups (broad SMARTS) is 1. The van der Waals surface area contributed by atoms with Crippen molar-refractivity contribution in [3.63, 3.8) is 0 Å². The lowest BCUT2D eigenvalue weighted by molar-refractivity contribution is 0.0693. The van der Waals surface area contributed by atoms with E-state index in [-0.39, 0.29) is 29.3 Å². The number of phenolic OH excluding ortho intramolecular Hbond substituents is 1. The van der Waals surface area contributed by atoms with Gasteiger partial charge in [0, 0.05) is 6.07 Å². The van der Waals surface area contributed by atoms with Crippen molar-refractivity contribution in [1.82, 2.24) is 0 Å². The van der Waals surface area contributed by atoms with E-state index < -0.39 is 5.97 Å². The van der Waals surface area contributed by atoms with E-state index in [0.29, 0.717) is 31.2 Å². The fourth-order valence-electron chi connectivity index (χ4n) is 2.62. The maximum atomic E-state index is 11.4. The smallest absolute Gasteiger partial charge is 0.340 e. The first-order valence-corrected chi connectivity index (χ1v) is 8.52. The minimum atomic E-state index is -1.12. The lowest BCUT2D eigenvalue weighted by atomic mass is 10.0. The van der Waals surface area contributed by atoms with Gasteiger partial charge in [-0.15, -0.1) is 0 Å². The number of unbranched alkanes of at least 4 members (excludes halogenated alkanes) is 1. The van der Waals surface area contributed by atoms with E-state index in [1.54, 1.807) is 13.0 Å². The Morgan fingerprint density at radius 2 is 1.88 bits per heavy atom. The summed E-state index contributed by atoms with van der Waals surface area (Å²) in [4.78, 5) is 11.4. The number of hydrogen-bond donors (Lipinski definition) is 4. The Labute approximate surface area is 148 Å². The number of phenols is 1. The Kier molecular flexibility index (Phi) is 9.02. The molecule has 0 saturated heterocycles. The molecule has 0 fully saturated rings. The summed E-state index contributed by atoms with van der Waals surface area (Å²) in [5.74, 6) is -1.07. The fraction of sp³-hybridized carbons (Fsp3) is 0.526. The topological polar surface area (TPSA) is 107 Å². The zero-order valence-electron chi connectivity index (χ0n) is 14.8. The zero-order chi connectivity index (χ0) is 18.8. The highest BCUT2D eigenvalue weighted by Crippen LogP contribution is 2.29. The highest BCUT2D eigenvalue weighted by molar-refractivity contribution is 5.95. The van der Waals surface area contributed by atoms with E-state index in [2.05, 4.69) is 0 Å². The van der Waals surface area contributed by atoms with Gasteiger partial charge in [-0.25, -0.2) is 4.79 Å². The third-order valence-corrected chi connectivity index (χ3v) is 3.92. The molecule has 25 heavy (non-hydrogen) atoms. The maximum absolute atomic E-state index is 11.4. The van der Waals surface area contributed by atoms with Crippen LogP contribution in [0.2, 0.25) is 0 Å². The van der Waals surface area contributed by atoms with Gasteiger partial charge in [0.05, 0.1) is 19.3 Å². The monoisotopic (exact) mass is 352 g/mol. The van der Waals surface area contributed by atoms with Crippen LogP contribution >= 0.6 is 0 Å². The molecule has 0 bridgehead atoms. The van der Waals surface area contributed by atoms with Gasteiger partial charge in [-0.05, 0) is 57.1 Å². The van der Waals surface area contributed by atoms with Crippen LogP contribution in [0, 0.1) is 0 Å². The molecule has 0 saturated carbocycles. The second kappa shape index (κ2) is 10.7. The summed E-state index contributed by atoms with van der Waals surface area (Å²) in [5.41, 5.74) is 0.386. The molecule has 0 radical (unpaired) electrons. The van der Waals surface area contributed by atoms with Crippen LogP contribution in [0.1, 0.15) is 61.4 Å². The number of rotatable bonds is 11. The van der Waals surface area contributed by atoms with E-state index in [9.17, 15) is 25.2 Å². The second-order valence-electron chi connectivity index (χ2n) is 6.18. The number of aliphatic hydroxyl groups excluding tert-OH is 2. The van der Waals surface area contributed by atoms with E-state index in [0.717, 1.165) is 12.8 Å². The minimum Gasteiger partial charge on any atom is -0.508 e. The Morgan fingerprint density at radius 1 is 1.20 bits per heavy atom. The molecular weight excluding hydrogens is 324 g/mol. The number of carboxylic acids is 1. The molecule has 6 heteroatoms. The number of ether oxygens (including phenoxy) is 1. The third-order valence-electron chi connectivity index (χ3n) is 3.92. The number of hydrogen-bond acceptors (Lipinski definition) is 5. The van der Waals surface area contributed by atoms with Crippen LogP contribution in [0.5, 0.6) is 11.5 Å². The summed E-state index contributed by atoms with van der Waals surface area (Å²) < 4.78 is 5.02. The summed E-state index contributed by atoms with van der Waals surface area (Å²) in [6.45, 7) is 1.74. The first-order valence-electron chi connectivity index (χ1n) is 8.52. The van der Waals surface area contributed by atoms with Gasteiger partial charge in [0.2, 0.25) is 0 Å². The van der Waals surface area contributed by atoms with Crippen molar-refractivity contribution >= 4 is 12.0 Å². The number of aromatic hydroxyl groups is 1. The van der Waals surface area contributed by atoms with Crippen molar-refractivity contribution in [3.8, 4) is 11.5 Å². The Morgan fingerprint density at radius 3 is 2.48 bits per heavy atom. The largest absolute Gasteiger partial charge is 0.508 e. The molecule has 0 aliphatic rings. The van der Waals surface area contributed by atoms with Gasteiger partial charge in [0.15, 0.2) is 0 Å². The molecule has 1 rings (SSSR count). The summed E-state index contributed by atoms with van der Waals surface area (Å²) >= 11 is 0. The molecule has 0 aliphatic heterocycles. The van der Waals surface area contributed by atoms with Gasteiger partial charge in [-0.1, -0.05) is 12.2 Å². The summed E-state index contributed by atoms with van der Waals surface area (Å²) in [6, 6.07) is 2.65. The van der Waals surface area contributed by atoms with Crippen molar-refractivity contribution in [2.24, 2.45) is 0 Å². The molecule has 0 aliphatic carbocycles. The molecule has 0 unspecified atom stereocenters. The predicted octanol–water partition coefficient (Wildman–Crippen LogP) is 3.19. The van der Waals surface area contributed by atoms with E-state index in [1.165, 1.54) is 19.2 Å². The molecule has 0 heterocycles. The van der Waals surface area contributed by atoms with Crippen LogP contribution in [0.25, 0.3) is 6.08 Å². The predicted molar refractivity (Wildman–Crippen MR) is 96.0 cm³/mol. The van der Waals surface area contributed by atoms with Crippen LogP contribution in [0.3, 0.4) is 0 Å². The summed E-state index contributed by atoms with van der Waals surface area (Å²) in [5, 5.41) is 38.0. The van der Waals surface area contributed by atoms with Gasteiger partial charge < -0.3 is 25.2 Å². The average molecular weight is 352 g/mol. The lowest BCUT2D eigenvalue weighted by Crippen LogP contribution is -2.08. The van der Waals surface area contributed by atoms with Gasteiger partial charge in [0.1, 0.15) is 17.1 Å². The Balaban J connectivity index is 2.54. The number of allylic oxidation sites excluding steroid dienone is 1. The van der Waals surface area contributed by atoms with Gasteiger partial charge >= 0.3 is 5.97 Å². The average Bonchev–Trinajstić information content (AvgIpc) is 2.53. The quantitative estimate of drug-likeness (QED) is 0.456. The Bertz CT molecular complexity index is 580.